The van der Waals surface area contributed by atoms with Crippen LogP contribution in [0.5, 0.6) is 0 Å². The first kappa shape index (κ1) is 17.0. The normalized spacial score (nSPS) is 18.1. The summed E-state index contributed by atoms with van der Waals surface area (Å²) in [4.78, 5) is 11.8. The molecule has 1 aliphatic rings. The Bertz CT molecular complexity index is 912. The number of halogens is 1. The summed E-state index contributed by atoms with van der Waals surface area (Å²) in [6.07, 6.45) is 0. The molecule has 0 aromatic heterocycles. The molecule has 126 valence electrons. The summed E-state index contributed by atoms with van der Waals surface area (Å²) in [5.74, 6) is -0.493. The van der Waals surface area contributed by atoms with Gasteiger partial charge in [-0.25, -0.2) is 13.1 Å². The van der Waals surface area contributed by atoms with E-state index in [0.29, 0.717) is 21.8 Å². The van der Waals surface area contributed by atoms with Crippen LogP contribution >= 0.6 is 11.6 Å². The van der Waals surface area contributed by atoms with Gasteiger partial charge in [0.2, 0.25) is 15.9 Å². The molecule has 0 saturated carbocycles. The van der Waals surface area contributed by atoms with Crippen LogP contribution in [0.1, 0.15) is 36.9 Å². The maximum atomic E-state index is 12.7. The van der Waals surface area contributed by atoms with Crippen molar-refractivity contribution >= 4 is 33.2 Å². The lowest BCUT2D eigenvalue weighted by Gasteiger charge is -2.16. The first-order chi connectivity index (χ1) is 11.3. The molecule has 0 bridgehead atoms. The summed E-state index contributed by atoms with van der Waals surface area (Å²) in [5, 5.41) is 3.23. The van der Waals surface area contributed by atoms with Crippen LogP contribution < -0.4 is 10.0 Å². The predicted molar refractivity (Wildman–Crippen MR) is 93.7 cm³/mol. The van der Waals surface area contributed by atoms with Crippen molar-refractivity contribution in [3.63, 3.8) is 0 Å². The second kappa shape index (κ2) is 6.20. The average Bonchev–Trinajstić information content (AvgIpc) is 2.81. The molecule has 0 fully saturated rings. The number of hydrogen-bond acceptors (Lipinski definition) is 3. The van der Waals surface area contributed by atoms with Gasteiger partial charge in [0.25, 0.3) is 0 Å². The Balaban J connectivity index is 1.89. The van der Waals surface area contributed by atoms with Gasteiger partial charge in [-0.15, -0.1) is 0 Å². The minimum atomic E-state index is -3.73. The molecule has 2 aromatic carbocycles. The van der Waals surface area contributed by atoms with Gasteiger partial charge in [0, 0.05) is 16.8 Å². The highest BCUT2D eigenvalue weighted by Crippen LogP contribution is 2.34. The van der Waals surface area contributed by atoms with Crippen LogP contribution in [-0.2, 0) is 14.8 Å². The third-order valence-corrected chi connectivity index (χ3v) is 6.04. The van der Waals surface area contributed by atoms with E-state index in [1.54, 1.807) is 50.2 Å². The maximum Gasteiger partial charge on any atom is 0.241 e. The lowest BCUT2D eigenvalue weighted by atomic mass is 10.0. The Morgan fingerprint density at radius 1 is 1.21 bits per heavy atom. The minimum Gasteiger partial charge on any atom is -0.325 e. The summed E-state index contributed by atoms with van der Waals surface area (Å²) in [6, 6.07) is 11.3. The molecule has 5 nitrogen and oxygen atoms in total. The zero-order valence-corrected chi connectivity index (χ0v) is 14.8. The second-order valence-corrected chi connectivity index (χ2v) is 7.95. The third kappa shape index (κ3) is 3.05. The molecule has 24 heavy (non-hydrogen) atoms. The molecule has 2 N–H and O–H groups in total. The number of benzene rings is 2. The quantitative estimate of drug-likeness (QED) is 0.872. The van der Waals surface area contributed by atoms with Crippen LogP contribution in [0.25, 0.3) is 0 Å². The average molecular weight is 365 g/mol. The van der Waals surface area contributed by atoms with Crippen molar-refractivity contribution in [1.29, 1.82) is 0 Å². The molecule has 7 heteroatoms. The zero-order chi connectivity index (χ0) is 17.5. The maximum absolute atomic E-state index is 12.7. The van der Waals surface area contributed by atoms with Gasteiger partial charge in [-0.2, -0.15) is 0 Å². The molecule has 3 rings (SSSR count). The molecule has 2 aromatic rings. The summed E-state index contributed by atoms with van der Waals surface area (Å²) in [7, 11) is -3.73. The van der Waals surface area contributed by atoms with E-state index in [1.807, 2.05) is 0 Å². The van der Waals surface area contributed by atoms with Crippen molar-refractivity contribution in [2.75, 3.05) is 5.32 Å². The van der Waals surface area contributed by atoms with Gasteiger partial charge in [0.1, 0.15) is 0 Å². The van der Waals surface area contributed by atoms with Gasteiger partial charge in [-0.3, -0.25) is 4.79 Å². The molecule has 0 aliphatic carbocycles. The fourth-order valence-corrected chi connectivity index (χ4v) is 4.31. The Kier molecular flexibility index (Phi) is 4.38. The van der Waals surface area contributed by atoms with E-state index < -0.39 is 16.1 Å². The Morgan fingerprint density at radius 2 is 1.92 bits per heavy atom. The number of sulfonamides is 1. The molecule has 0 saturated heterocycles. The fourth-order valence-electron chi connectivity index (χ4n) is 2.75. The Labute approximate surface area is 146 Å². The van der Waals surface area contributed by atoms with E-state index in [4.69, 9.17) is 11.6 Å². The highest BCUT2D eigenvalue weighted by atomic mass is 35.5. The monoisotopic (exact) mass is 364 g/mol. The number of nitrogens with one attached hydrogen (secondary N) is 2. The fraction of sp³-hybridized carbons (Fsp3) is 0.235. The van der Waals surface area contributed by atoms with Crippen molar-refractivity contribution in [3.8, 4) is 0 Å². The Hall–Kier alpha value is -1.89. The van der Waals surface area contributed by atoms with E-state index in [1.165, 1.54) is 6.07 Å². The van der Waals surface area contributed by atoms with E-state index in [0.717, 1.165) is 0 Å². The predicted octanol–water partition coefficient (Wildman–Crippen LogP) is 3.44. The van der Waals surface area contributed by atoms with E-state index in [-0.39, 0.29) is 16.7 Å². The molecule has 0 spiro atoms. The van der Waals surface area contributed by atoms with Crippen LogP contribution in [0.15, 0.2) is 47.4 Å². The first-order valence-electron chi connectivity index (χ1n) is 7.51. The van der Waals surface area contributed by atoms with Crippen LogP contribution in [-0.4, -0.2) is 14.3 Å². The molecule has 1 aliphatic heterocycles. The van der Waals surface area contributed by atoms with E-state index >= 15 is 0 Å². The first-order valence-corrected chi connectivity index (χ1v) is 9.37. The van der Waals surface area contributed by atoms with E-state index in [9.17, 15) is 13.2 Å². The van der Waals surface area contributed by atoms with Crippen molar-refractivity contribution < 1.29 is 13.2 Å². The van der Waals surface area contributed by atoms with Crippen molar-refractivity contribution in [1.82, 2.24) is 4.72 Å². The molecule has 0 radical (unpaired) electrons. The topological polar surface area (TPSA) is 75.3 Å². The zero-order valence-electron chi connectivity index (χ0n) is 13.2. The highest BCUT2D eigenvalue weighted by molar-refractivity contribution is 7.89. The molecule has 2 atom stereocenters. The van der Waals surface area contributed by atoms with Crippen LogP contribution in [0.4, 0.5) is 5.69 Å². The van der Waals surface area contributed by atoms with Crippen LogP contribution in [0, 0.1) is 0 Å². The number of amides is 1. The number of carbonyl (C=O) groups excluding carboxylic acids is 1. The molecule has 1 amide bonds. The van der Waals surface area contributed by atoms with Crippen LogP contribution in [0.2, 0.25) is 5.02 Å². The van der Waals surface area contributed by atoms with Crippen molar-refractivity contribution in [3.05, 3.63) is 58.6 Å². The summed E-state index contributed by atoms with van der Waals surface area (Å²) in [5.41, 5.74) is 2.05. The minimum absolute atomic E-state index is 0.128. The standard InChI is InChI=1S/C17H17ClN2O3S/c1-10-14-9-12(7-8-16(14)19-17(10)21)24(22,23)20-11(2)13-5-3-4-6-15(13)18/h3-11,20H,1-2H3,(H,19,21)/t10-,11-/m0/s1. The smallest absolute Gasteiger partial charge is 0.241 e. The van der Waals surface area contributed by atoms with Crippen LogP contribution in [0.3, 0.4) is 0 Å². The number of hydrogen-bond donors (Lipinski definition) is 2. The number of carbonyl (C=O) groups is 1. The number of fused-ring (bicyclic) bond motifs is 1. The molecular weight excluding hydrogens is 348 g/mol. The van der Waals surface area contributed by atoms with Gasteiger partial charge in [-0.1, -0.05) is 29.8 Å². The van der Waals surface area contributed by atoms with Gasteiger partial charge in [0.05, 0.1) is 10.8 Å². The van der Waals surface area contributed by atoms with Gasteiger partial charge in [0.15, 0.2) is 0 Å². The highest BCUT2D eigenvalue weighted by Gasteiger charge is 2.29. The number of rotatable bonds is 4. The largest absolute Gasteiger partial charge is 0.325 e. The van der Waals surface area contributed by atoms with Crippen molar-refractivity contribution in [2.45, 2.75) is 30.7 Å². The SMILES string of the molecule is C[C@H](NS(=O)(=O)c1ccc2c(c1)[C@H](C)C(=O)N2)c1ccccc1Cl. The Morgan fingerprint density at radius 3 is 2.62 bits per heavy atom. The lowest BCUT2D eigenvalue weighted by Crippen LogP contribution is -2.27. The van der Waals surface area contributed by atoms with Gasteiger partial charge in [-0.05, 0) is 49.2 Å². The molecule has 0 unspecified atom stereocenters. The summed E-state index contributed by atoms with van der Waals surface area (Å²) < 4.78 is 27.9. The lowest BCUT2D eigenvalue weighted by molar-refractivity contribution is -0.116. The molecular formula is C17H17ClN2O3S. The van der Waals surface area contributed by atoms with Gasteiger partial charge < -0.3 is 5.32 Å². The van der Waals surface area contributed by atoms with Gasteiger partial charge >= 0.3 is 0 Å². The third-order valence-electron chi connectivity index (χ3n) is 4.15. The van der Waals surface area contributed by atoms with Crippen molar-refractivity contribution in [2.24, 2.45) is 0 Å². The van der Waals surface area contributed by atoms with E-state index in [2.05, 4.69) is 10.0 Å². The number of anilines is 1. The molecule has 1 heterocycles. The summed E-state index contributed by atoms with van der Waals surface area (Å²) >= 11 is 6.13. The second-order valence-electron chi connectivity index (χ2n) is 5.82. The summed E-state index contributed by atoms with van der Waals surface area (Å²) in [6.45, 7) is 3.48.